The van der Waals surface area contributed by atoms with E-state index in [4.69, 9.17) is 9.84 Å². The molecule has 0 spiro atoms. The van der Waals surface area contributed by atoms with E-state index in [1.165, 1.54) is 25.3 Å². The fourth-order valence-electron chi connectivity index (χ4n) is 1.58. The van der Waals surface area contributed by atoms with E-state index in [2.05, 4.69) is 4.72 Å². The van der Waals surface area contributed by atoms with Gasteiger partial charge in [0.05, 0.1) is 22.8 Å². The third kappa shape index (κ3) is 4.23. The molecule has 0 amide bonds. The highest BCUT2D eigenvalue weighted by Crippen LogP contribution is 2.34. The second kappa shape index (κ2) is 6.70. The first-order valence-corrected chi connectivity index (χ1v) is 7.58. The summed E-state index contributed by atoms with van der Waals surface area (Å²) in [7, 11) is -0.508. The Labute approximate surface area is 130 Å². The topological polar surface area (TPSA) is 75.6 Å². The Morgan fingerprint density at radius 1 is 1.36 bits per heavy atom. The third-order valence-corrected chi connectivity index (χ3v) is 4.42. The molecule has 22 heavy (non-hydrogen) atoms. The van der Waals surface area contributed by atoms with Crippen molar-refractivity contribution in [3.63, 3.8) is 0 Å². The molecular weight excluding hydrogens is 316 g/mol. The van der Waals surface area contributed by atoms with Crippen LogP contribution in [-0.2, 0) is 15.8 Å². The molecule has 0 bridgehead atoms. The van der Waals surface area contributed by atoms with Crippen LogP contribution in [0.4, 0.5) is 8.78 Å². The molecule has 8 heteroatoms. The van der Waals surface area contributed by atoms with Gasteiger partial charge in [0.1, 0.15) is 11.8 Å². The summed E-state index contributed by atoms with van der Waals surface area (Å²) in [5, 5.41) is 8.79. The van der Waals surface area contributed by atoms with Gasteiger partial charge in [-0.05, 0) is 38.5 Å². The molecule has 0 unspecified atom stereocenters. The van der Waals surface area contributed by atoms with Crippen LogP contribution in [0.2, 0.25) is 0 Å². The summed E-state index contributed by atoms with van der Waals surface area (Å²) in [6, 6.07) is 3.67. The molecular formula is C14H19F2NO4S. The maximum Gasteiger partial charge on any atom is 0.376 e. The smallest absolute Gasteiger partial charge is 0.376 e. The molecule has 0 saturated heterocycles. The molecule has 5 nitrogen and oxygen atoms in total. The van der Waals surface area contributed by atoms with E-state index >= 15 is 0 Å². The molecule has 0 saturated carbocycles. The van der Waals surface area contributed by atoms with Gasteiger partial charge in [0.2, 0.25) is 0 Å². The number of ether oxygens (including phenoxy) is 1. The van der Waals surface area contributed by atoms with Gasteiger partial charge in [-0.25, -0.2) is 13.7 Å². The van der Waals surface area contributed by atoms with Crippen LogP contribution in [0, 0.1) is 0 Å². The van der Waals surface area contributed by atoms with E-state index in [0.717, 1.165) is 0 Å². The zero-order chi connectivity index (χ0) is 17.1. The van der Waals surface area contributed by atoms with Gasteiger partial charge < -0.3 is 9.84 Å². The van der Waals surface area contributed by atoms with Gasteiger partial charge in [-0.1, -0.05) is 12.1 Å². The number of hydrogen-bond donors (Lipinski definition) is 2. The lowest BCUT2D eigenvalue weighted by atomic mass is 10.0. The van der Waals surface area contributed by atoms with E-state index in [1.54, 1.807) is 26.8 Å². The summed E-state index contributed by atoms with van der Waals surface area (Å²) in [5.41, 5.74) is -0.0237. The van der Waals surface area contributed by atoms with Gasteiger partial charge in [-0.15, -0.1) is 0 Å². The average molecular weight is 335 g/mol. The monoisotopic (exact) mass is 335 g/mol. The number of carboxylic acid groups (broad SMARTS) is 1. The first-order chi connectivity index (χ1) is 10.00. The van der Waals surface area contributed by atoms with Crippen molar-refractivity contribution < 1.29 is 27.6 Å². The van der Waals surface area contributed by atoms with Crippen molar-refractivity contribution in [2.75, 3.05) is 7.11 Å². The number of rotatable bonds is 6. The molecule has 0 fully saturated rings. The lowest BCUT2D eigenvalue weighted by Gasteiger charge is -2.28. The number of aliphatic carboxylic acids is 1. The van der Waals surface area contributed by atoms with Gasteiger partial charge in [0, 0.05) is 0 Å². The van der Waals surface area contributed by atoms with Crippen LogP contribution in [0.15, 0.2) is 24.3 Å². The minimum Gasteiger partial charge on any atom is -0.497 e. The van der Waals surface area contributed by atoms with Crippen LogP contribution in [0.5, 0.6) is 5.75 Å². The third-order valence-electron chi connectivity index (χ3n) is 2.86. The minimum atomic E-state index is -4.13. The van der Waals surface area contributed by atoms with Gasteiger partial charge in [-0.3, -0.25) is 0 Å². The highest BCUT2D eigenvalue weighted by molar-refractivity contribution is 7.84. The van der Waals surface area contributed by atoms with E-state index < -0.39 is 33.7 Å². The summed E-state index contributed by atoms with van der Waals surface area (Å²) >= 11 is 0. The van der Waals surface area contributed by atoms with Gasteiger partial charge in [0.25, 0.3) is 0 Å². The van der Waals surface area contributed by atoms with Crippen LogP contribution in [0.3, 0.4) is 0 Å². The van der Waals surface area contributed by atoms with Crippen LogP contribution in [0.25, 0.3) is 0 Å². The van der Waals surface area contributed by atoms with Crippen LogP contribution < -0.4 is 9.46 Å². The molecule has 124 valence electrons. The Balaban J connectivity index is 3.28. The summed E-state index contributed by atoms with van der Waals surface area (Å²) < 4.78 is 46.6. The Morgan fingerprint density at radius 2 is 1.95 bits per heavy atom. The molecule has 0 aliphatic carbocycles. The highest BCUT2D eigenvalue weighted by Gasteiger charge is 2.49. The van der Waals surface area contributed by atoms with Crippen molar-refractivity contribution >= 4 is 17.0 Å². The summed E-state index contributed by atoms with van der Waals surface area (Å²) in [5.74, 6) is -6.13. The Kier molecular flexibility index (Phi) is 5.64. The van der Waals surface area contributed by atoms with E-state index in [1.807, 2.05) is 0 Å². The van der Waals surface area contributed by atoms with Crippen molar-refractivity contribution in [1.82, 2.24) is 4.72 Å². The quantitative estimate of drug-likeness (QED) is 0.837. The molecule has 2 N–H and O–H groups in total. The Morgan fingerprint density at radius 3 is 2.41 bits per heavy atom. The number of nitrogens with one attached hydrogen (secondary N) is 1. The number of hydrogen-bond acceptors (Lipinski definition) is 3. The molecule has 2 atom stereocenters. The van der Waals surface area contributed by atoms with Crippen molar-refractivity contribution in [3.8, 4) is 5.75 Å². The Bertz CT molecular complexity index is 572. The standard InChI is InChI=1S/C14H19F2NO4S/c1-13(2,3)22(20)17-11(14(15,16)12(18)19)9-6-5-7-10(8-9)21-4/h5-8,11,17H,1-4H3,(H,18,19)/t11-,22-/m0/s1. The first kappa shape index (κ1) is 18.5. The maximum absolute atomic E-state index is 14.0. The molecule has 0 heterocycles. The maximum atomic E-state index is 14.0. The van der Waals surface area contributed by atoms with Crippen molar-refractivity contribution in [1.29, 1.82) is 0 Å². The number of carbonyl (C=O) groups is 1. The predicted octanol–water partition coefficient (Wildman–Crippen LogP) is 2.51. The molecule has 1 aromatic rings. The fraction of sp³-hybridized carbons (Fsp3) is 0.500. The number of carboxylic acids is 1. The van der Waals surface area contributed by atoms with Gasteiger partial charge in [-0.2, -0.15) is 8.78 Å². The number of halogens is 2. The molecule has 0 aromatic heterocycles. The number of methoxy groups -OCH3 is 1. The van der Waals surface area contributed by atoms with E-state index in [0.29, 0.717) is 5.75 Å². The molecule has 0 radical (unpaired) electrons. The first-order valence-electron chi connectivity index (χ1n) is 6.43. The van der Waals surface area contributed by atoms with Crippen molar-refractivity contribution in [2.45, 2.75) is 37.5 Å². The summed E-state index contributed by atoms with van der Waals surface area (Å²) in [6.45, 7) is 4.78. The Hall–Kier alpha value is -1.54. The molecule has 0 aliphatic heterocycles. The number of benzene rings is 1. The lowest BCUT2D eigenvalue weighted by molar-refractivity contribution is -0.168. The minimum absolute atomic E-state index is 0.0237. The van der Waals surface area contributed by atoms with Crippen LogP contribution in [0.1, 0.15) is 32.4 Å². The SMILES string of the molecule is COc1cccc([C@H](N[S@@](=O)C(C)(C)C)C(F)(F)C(=O)O)c1. The zero-order valence-electron chi connectivity index (χ0n) is 12.7. The van der Waals surface area contributed by atoms with Crippen LogP contribution >= 0.6 is 0 Å². The normalized spacial score (nSPS) is 15.2. The highest BCUT2D eigenvalue weighted by atomic mass is 32.2. The predicted molar refractivity (Wildman–Crippen MR) is 79.3 cm³/mol. The summed E-state index contributed by atoms with van der Waals surface area (Å²) in [6.07, 6.45) is 0. The average Bonchev–Trinajstić information content (AvgIpc) is 2.43. The van der Waals surface area contributed by atoms with Crippen LogP contribution in [-0.4, -0.2) is 33.1 Å². The summed E-state index contributed by atoms with van der Waals surface area (Å²) in [4.78, 5) is 10.9. The fourth-order valence-corrected chi connectivity index (χ4v) is 2.43. The van der Waals surface area contributed by atoms with Gasteiger partial charge >= 0.3 is 11.9 Å². The number of alkyl halides is 2. The van der Waals surface area contributed by atoms with Gasteiger partial charge in [0.15, 0.2) is 0 Å². The second-order valence-electron chi connectivity index (χ2n) is 5.64. The van der Waals surface area contributed by atoms with E-state index in [9.17, 15) is 17.8 Å². The van der Waals surface area contributed by atoms with Crippen molar-refractivity contribution in [3.05, 3.63) is 29.8 Å². The van der Waals surface area contributed by atoms with Crippen molar-refractivity contribution in [2.24, 2.45) is 0 Å². The van der Waals surface area contributed by atoms with E-state index in [-0.39, 0.29) is 5.56 Å². The lowest BCUT2D eigenvalue weighted by Crippen LogP contribution is -2.47. The zero-order valence-corrected chi connectivity index (χ0v) is 13.5. The molecule has 1 rings (SSSR count). The molecule has 1 aromatic carbocycles. The largest absolute Gasteiger partial charge is 0.497 e. The molecule has 0 aliphatic rings. The second-order valence-corrected chi connectivity index (χ2v) is 7.63.